The van der Waals surface area contributed by atoms with Crippen LogP contribution in [0.2, 0.25) is 0 Å². The normalized spacial score (nSPS) is 15.5. The molecule has 496 valence electrons. The number of aromatic hydroxyl groups is 1. The number of carboxylic acids is 2. The number of phenols is 1. The number of para-hydroxylation sites is 1. The maximum Gasteiger partial charge on any atom is 0.322 e. The van der Waals surface area contributed by atoms with Gasteiger partial charge in [0.1, 0.15) is 60.6 Å². The molecule has 0 aliphatic carbocycles. The predicted octanol–water partition coefficient (Wildman–Crippen LogP) is -3.38. The molecule has 0 radical (unpaired) electrons. The number of hydrogen-bond donors (Lipinski definition) is 18. The molecule has 1 aliphatic rings. The highest BCUT2D eigenvalue weighted by Crippen LogP contribution is 2.22. The number of benzene rings is 2. The van der Waals surface area contributed by atoms with Crippen molar-refractivity contribution in [2.45, 2.75) is 152 Å². The van der Waals surface area contributed by atoms with Crippen molar-refractivity contribution < 1.29 is 73.2 Å². The van der Waals surface area contributed by atoms with Crippen LogP contribution in [0, 0.1) is 5.92 Å². The molecule has 2 aromatic heterocycles. The van der Waals surface area contributed by atoms with Crippen LogP contribution in [0.25, 0.3) is 10.9 Å². The number of unbranched alkanes of at least 4 members (excludes halogenated alkanes) is 1. The Morgan fingerprint density at radius 3 is 1.89 bits per heavy atom. The van der Waals surface area contributed by atoms with Crippen LogP contribution >= 0.6 is 0 Å². The van der Waals surface area contributed by atoms with Gasteiger partial charge in [-0.3, -0.25) is 57.7 Å². The summed E-state index contributed by atoms with van der Waals surface area (Å²) in [7, 11) is 0. The fourth-order valence-corrected chi connectivity index (χ4v) is 10.2. The van der Waals surface area contributed by atoms with Gasteiger partial charge < -0.3 is 101 Å². The van der Waals surface area contributed by atoms with Crippen molar-refractivity contribution in [3.63, 3.8) is 0 Å². The number of aromatic amines is 2. The summed E-state index contributed by atoms with van der Waals surface area (Å²) in [4.78, 5) is 165. The molecule has 0 bridgehead atoms. The number of aliphatic imine (C=N–C) groups is 1. The second-order valence-electron chi connectivity index (χ2n) is 22.5. The van der Waals surface area contributed by atoms with Crippen molar-refractivity contribution in [1.29, 1.82) is 0 Å². The molecule has 0 spiro atoms. The van der Waals surface area contributed by atoms with E-state index in [-0.39, 0.29) is 101 Å². The molecule has 9 atom stereocenters. The molecule has 1 aliphatic heterocycles. The summed E-state index contributed by atoms with van der Waals surface area (Å²) in [6, 6.07) is -0.0875. The molecular weight excluding hydrogens is 1190 g/mol. The molecule has 91 heavy (non-hydrogen) atoms. The maximum atomic E-state index is 14.7. The lowest BCUT2D eigenvalue weighted by molar-refractivity contribution is -0.143. The molecule has 1 saturated heterocycles. The van der Waals surface area contributed by atoms with Crippen molar-refractivity contribution >= 4 is 82.0 Å². The van der Waals surface area contributed by atoms with Gasteiger partial charge >= 0.3 is 11.9 Å². The third-order valence-electron chi connectivity index (χ3n) is 14.9. The van der Waals surface area contributed by atoms with Crippen LogP contribution in [0.3, 0.4) is 0 Å². The topological polar surface area (TPSA) is 529 Å². The number of imidazole rings is 1. The lowest BCUT2D eigenvalue weighted by Gasteiger charge is -2.30. The minimum absolute atomic E-state index is 0.0211. The van der Waals surface area contributed by atoms with Gasteiger partial charge in [-0.15, -0.1) is 0 Å². The molecule has 0 unspecified atom stereocenters. The molecule has 22 N–H and O–H groups in total. The van der Waals surface area contributed by atoms with Gasteiger partial charge in [-0.2, -0.15) is 0 Å². The van der Waals surface area contributed by atoms with Crippen molar-refractivity contribution in [1.82, 2.24) is 62.4 Å². The van der Waals surface area contributed by atoms with E-state index in [9.17, 15) is 68.1 Å². The Morgan fingerprint density at radius 2 is 1.26 bits per heavy atom. The summed E-state index contributed by atoms with van der Waals surface area (Å²) in [5.41, 5.74) is 24.9. The Hall–Kier alpha value is -9.69. The summed E-state index contributed by atoms with van der Waals surface area (Å²) in [6.45, 7) is 2.20. The Balaban J connectivity index is 1.40. The molecule has 32 heteroatoms. The Morgan fingerprint density at radius 1 is 0.681 bits per heavy atom. The number of rotatable bonds is 38. The number of carbonyl (C=O) groups excluding carboxylic acids is 9. The first-order chi connectivity index (χ1) is 43.4. The predicted molar refractivity (Wildman–Crippen MR) is 329 cm³/mol. The lowest BCUT2D eigenvalue weighted by Crippen LogP contribution is -2.61. The quantitative estimate of drug-likeness (QED) is 0.0118. The Labute approximate surface area is 524 Å². The second-order valence-corrected chi connectivity index (χ2v) is 22.5. The van der Waals surface area contributed by atoms with Crippen LogP contribution in [-0.2, 0) is 72.0 Å². The number of carbonyl (C=O) groups is 11. The van der Waals surface area contributed by atoms with Gasteiger partial charge in [0.05, 0.1) is 19.0 Å². The van der Waals surface area contributed by atoms with E-state index in [0.29, 0.717) is 40.6 Å². The van der Waals surface area contributed by atoms with Gasteiger partial charge in [0.2, 0.25) is 53.2 Å². The number of guanidine groups is 1. The average Bonchev–Trinajstić information content (AvgIpc) is 2.02. The van der Waals surface area contributed by atoms with E-state index in [2.05, 4.69) is 62.5 Å². The number of nitrogens with two attached hydrogens (primary N) is 4. The summed E-state index contributed by atoms with van der Waals surface area (Å²) in [5, 5.41) is 60.6. The van der Waals surface area contributed by atoms with Crippen molar-refractivity contribution in [3.8, 4) is 5.75 Å². The Bertz CT molecular complexity index is 3150. The van der Waals surface area contributed by atoms with Gasteiger partial charge in [0.15, 0.2) is 5.96 Å². The highest BCUT2D eigenvalue weighted by atomic mass is 16.4. The molecule has 9 amide bonds. The minimum atomic E-state index is -1.82. The minimum Gasteiger partial charge on any atom is -0.508 e. The third-order valence-corrected chi connectivity index (χ3v) is 14.9. The average molecular weight is 1270 g/mol. The number of phenolic OH excluding ortho intramolecular Hbond substituents is 1. The standard InChI is InChI=1S/C59H85N17O15/c1-32(2)23-42(52(85)70-41(12-7-21-65-59(62)63)58(91)76-22-8-13-47(76)57(90)67-29-49(81)82)72-51(84)40(11-5-6-20-60)69-53(86)43(24-33-14-16-36(78)17-15-33)73-56(89)46(30-77)75-54(87)44(25-34-27-66-39-10-4-3-9-37(34)39)74-55(88)45(26-35-28-64-31-68-35)71-50(83)38(61)18-19-48(79)80/h3-4,9-10,14-17,27-28,31-32,38,40-47,66,77-78H,5-8,11-13,18-26,29-30,60-61H2,1-2H3,(H,64,68)(H,67,90)(H,69,86)(H,70,85)(H,71,83)(H,72,84)(H,73,89)(H,74,88)(H,75,87)(H,79,80)(H,81,82)(H4,62,63,65)/t38-,40+,41-,42-,43-,44-,45-,46-,47-/m0/s1. The van der Waals surface area contributed by atoms with Gasteiger partial charge in [-0.1, -0.05) is 44.2 Å². The lowest BCUT2D eigenvalue weighted by atomic mass is 10.00. The molecule has 0 saturated carbocycles. The number of carboxylic acid groups (broad SMARTS) is 2. The van der Waals surface area contributed by atoms with Crippen LogP contribution in [0.15, 0.2) is 72.2 Å². The van der Waals surface area contributed by atoms with Crippen LogP contribution in [0.1, 0.15) is 94.9 Å². The molecule has 5 rings (SSSR count). The van der Waals surface area contributed by atoms with Crippen LogP contribution in [0.5, 0.6) is 5.75 Å². The first-order valence-corrected chi connectivity index (χ1v) is 29.9. The molecule has 1 fully saturated rings. The number of likely N-dealkylation sites (tertiary alicyclic amines) is 1. The second kappa shape index (κ2) is 36.1. The number of aliphatic hydroxyl groups is 1. The fourth-order valence-electron chi connectivity index (χ4n) is 10.2. The zero-order valence-electron chi connectivity index (χ0n) is 50.8. The number of aliphatic carboxylic acids is 2. The summed E-state index contributed by atoms with van der Waals surface area (Å²) >= 11 is 0. The van der Waals surface area contributed by atoms with E-state index < -0.39 is 139 Å². The number of amides is 9. The number of H-pyrrole nitrogens is 2. The van der Waals surface area contributed by atoms with Gasteiger partial charge in [-0.25, -0.2) is 4.98 Å². The van der Waals surface area contributed by atoms with Crippen molar-refractivity contribution in [3.05, 3.63) is 84.1 Å². The third kappa shape index (κ3) is 23.3. The van der Waals surface area contributed by atoms with Crippen LogP contribution in [0.4, 0.5) is 0 Å². The van der Waals surface area contributed by atoms with E-state index in [1.165, 1.54) is 41.7 Å². The molecular formula is C59H85N17O15. The number of hydrogen-bond acceptors (Lipinski definition) is 17. The van der Waals surface area contributed by atoms with E-state index in [4.69, 9.17) is 28.0 Å². The highest BCUT2D eigenvalue weighted by molar-refractivity contribution is 5.99. The van der Waals surface area contributed by atoms with Gasteiger partial charge in [-0.05, 0) is 99.6 Å². The summed E-state index contributed by atoms with van der Waals surface area (Å²) in [6.07, 6.45) is 4.34. The van der Waals surface area contributed by atoms with Crippen LogP contribution < -0.4 is 65.5 Å². The van der Waals surface area contributed by atoms with E-state index in [1.54, 1.807) is 44.3 Å². The maximum absolute atomic E-state index is 14.7. The number of aromatic nitrogens is 3. The monoisotopic (exact) mass is 1270 g/mol. The largest absolute Gasteiger partial charge is 0.508 e. The van der Waals surface area contributed by atoms with E-state index in [1.807, 2.05) is 0 Å². The zero-order chi connectivity index (χ0) is 66.7. The van der Waals surface area contributed by atoms with Crippen LogP contribution in [-0.4, -0.2) is 199 Å². The first-order valence-electron chi connectivity index (χ1n) is 29.9. The highest BCUT2D eigenvalue weighted by Gasteiger charge is 2.40. The van der Waals surface area contributed by atoms with Gasteiger partial charge in [0.25, 0.3) is 0 Å². The van der Waals surface area contributed by atoms with Crippen molar-refractivity contribution in [2.24, 2.45) is 33.8 Å². The zero-order valence-corrected chi connectivity index (χ0v) is 50.8. The SMILES string of the molecule is CC(C)C[C@H](NC(=O)[C@@H](CCCCN)NC(=O)[C@H](Cc1ccc(O)cc1)NC(=O)[C@H](CO)NC(=O)[C@H](Cc1c[nH]c2ccccc12)NC(=O)[C@H](Cc1cnc[nH]1)NC(=O)[C@@H](N)CCC(=O)O)C(=O)N[C@@H](CCCN=C(N)N)C(=O)N1CCC[C@H]1C(=O)NCC(=O)O. The number of nitrogens with zero attached hydrogens (tertiary/aromatic N) is 3. The van der Waals surface area contributed by atoms with E-state index in [0.717, 1.165) is 0 Å². The summed E-state index contributed by atoms with van der Waals surface area (Å²) < 4.78 is 0. The number of aliphatic hydroxyl groups excluding tert-OH is 1. The smallest absolute Gasteiger partial charge is 0.322 e. The molecule has 4 aromatic rings. The molecule has 3 heterocycles. The molecule has 32 nitrogen and oxygen atoms in total. The first kappa shape index (κ1) is 72.1. The van der Waals surface area contributed by atoms with E-state index >= 15 is 0 Å². The van der Waals surface area contributed by atoms with Crippen molar-refractivity contribution in [2.75, 3.05) is 32.8 Å². The molecule has 2 aromatic carbocycles. The summed E-state index contributed by atoms with van der Waals surface area (Å²) in [5.74, 6) is -10.9. The Kier molecular flexibility index (Phi) is 28.6. The number of nitrogens with one attached hydrogen (secondary N) is 10. The number of fused-ring (bicyclic) bond motifs is 1. The van der Waals surface area contributed by atoms with Gasteiger partial charge in [0, 0.05) is 67.8 Å². The fraction of sp³-hybridized carbons (Fsp3) is 0.508.